The predicted molar refractivity (Wildman–Crippen MR) is 117 cm³/mol. The first-order chi connectivity index (χ1) is 17.7. The van der Waals surface area contributed by atoms with E-state index >= 15 is 0 Å². The zero-order valence-electron chi connectivity index (χ0n) is 19.4. The Kier molecular flexibility index (Phi) is 7.09. The monoisotopic (exact) mass is 551 g/mol. The number of carbonyl (C=O) groups excluding carboxylic acids is 1. The zero-order chi connectivity index (χ0) is 28.0. The van der Waals surface area contributed by atoms with Gasteiger partial charge in [-0.25, -0.2) is 18.9 Å². The molecule has 0 saturated carbocycles. The second-order valence-corrected chi connectivity index (χ2v) is 8.50. The van der Waals surface area contributed by atoms with Crippen molar-refractivity contribution in [3.63, 3.8) is 0 Å². The maximum atomic E-state index is 14.5. The minimum Gasteiger partial charge on any atom is -0.480 e. The number of hydrogen-bond acceptors (Lipinski definition) is 8. The Morgan fingerprint density at radius 1 is 1.24 bits per heavy atom. The Bertz CT molecular complexity index is 1350. The third-order valence-electron chi connectivity index (χ3n) is 5.92. The largest absolute Gasteiger partial charge is 0.480 e. The third-order valence-corrected chi connectivity index (χ3v) is 5.92. The van der Waals surface area contributed by atoms with E-state index in [2.05, 4.69) is 20.4 Å². The van der Waals surface area contributed by atoms with Gasteiger partial charge in [0.15, 0.2) is 11.9 Å². The number of nitrogens with two attached hydrogens (primary N) is 1. The Labute approximate surface area is 209 Å². The number of nitrogens with one attached hydrogen (secondary N) is 1. The number of anilines is 1. The van der Waals surface area contributed by atoms with Crippen molar-refractivity contribution in [3.05, 3.63) is 35.8 Å². The number of nitrogens with zero attached hydrogens (tertiary/aromatic N) is 5. The number of β-amino-alcohol motifs (C(OH)–C–C–N with tert-alkyl or cyclic N) is 1. The van der Waals surface area contributed by atoms with Gasteiger partial charge in [-0.05, 0) is 12.1 Å². The molecule has 0 radical (unpaired) electrons. The molecule has 10 nitrogen and oxygen atoms in total. The van der Waals surface area contributed by atoms with Crippen LogP contribution < -0.4 is 15.8 Å². The number of rotatable bonds is 6. The van der Waals surface area contributed by atoms with E-state index in [9.17, 15) is 40.6 Å². The summed E-state index contributed by atoms with van der Waals surface area (Å²) in [6.45, 7) is -1.68. The summed E-state index contributed by atoms with van der Waals surface area (Å²) < 4.78 is 99.3. The second-order valence-electron chi connectivity index (χ2n) is 8.50. The van der Waals surface area contributed by atoms with Crippen molar-refractivity contribution < 1.29 is 45.4 Å². The number of likely N-dealkylation sites (tertiary alicyclic amines) is 1. The first-order valence-corrected chi connectivity index (χ1v) is 10.9. The average Bonchev–Trinajstić information content (AvgIpc) is 3.39. The number of aliphatic hydroxyl groups is 1. The van der Waals surface area contributed by atoms with Crippen molar-refractivity contribution in [3.8, 4) is 17.1 Å². The smallest absolute Gasteiger partial charge is 0.418 e. The van der Waals surface area contributed by atoms with Crippen LogP contribution in [0.15, 0.2) is 24.7 Å². The van der Waals surface area contributed by atoms with E-state index in [1.54, 1.807) is 0 Å². The molecule has 4 N–H and O–H groups in total. The molecule has 38 heavy (non-hydrogen) atoms. The van der Waals surface area contributed by atoms with E-state index in [-0.39, 0.29) is 29.2 Å². The Hall–Kier alpha value is -3.73. The zero-order valence-corrected chi connectivity index (χ0v) is 19.4. The van der Waals surface area contributed by atoms with Crippen molar-refractivity contribution in [2.45, 2.75) is 30.7 Å². The third kappa shape index (κ3) is 5.28. The number of fused-ring (bicyclic) bond motifs is 1. The van der Waals surface area contributed by atoms with Gasteiger partial charge in [-0.15, -0.1) is 0 Å². The average molecular weight is 551 g/mol. The summed E-state index contributed by atoms with van der Waals surface area (Å²) in [6.07, 6.45) is -12.1. The summed E-state index contributed by atoms with van der Waals surface area (Å²) in [5.74, 6) is -1.61. The van der Waals surface area contributed by atoms with Crippen molar-refractivity contribution >= 4 is 17.2 Å². The van der Waals surface area contributed by atoms with Gasteiger partial charge in [-0.2, -0.15) is 31.4 Å². The number of ether oxygens (including phenoxy) is 1. The molecule has 0 aromatic carbocycles. The highest BCUT2D eigenvalue weighted by atomic mass is 19.4. The molecule has 4 heterocycles. The quantitative estimate of drug-likeness (QED) is 0.397. The van der Waals surface area contributed by atoms with E-state index in [4.69, 9.17) is 10.5 Å². The number of aliphatic hydroxyl groups excluding tert-OH is 1. The molecule has 206 valence electrons. The number of methoxy groups -OCH3 is 1. The molecule has 2 unspecified atom stereocenters. The van der Waals surface area contributed by atoms with Crippen LogP contribution in [0.1, 0.15) is 15.9 Å². The van der Waals surface area contributed by atoms with Gasteiger partial charge in [0.1, 0.15) is 23.6 Å². The van der Waals surface area contributed by atoms with Crippen molar-refractivity contribution in [1.29, 1.82) is 0 Å². The van der Waals surface area contributed by atoms with Gasteiger partial charge in [0.25, 0.3) is 5.91 Å². The Balaban J connectivity index is 1.63. The fourth-order valence-corrected chi connectivity index (χ4v) is 4.13. The first kappa shape index (κ1) is 27.3. The molecule has 0 bridgehead atoms. The molecule has 1 aliphatic heterocycles. The molecular weight excluding hydrogens is 531 g/mol. The summed E-state index contributed by atoms with van der Waals surface area (Å²) in [5, 5.41) is 15.4. The Morgan fingerprint density at radius 3 is 2.58 bits per heavy atom. The fourth-order valence-electron chi connectivity index (χ4n) is 4.13. The first-order valence-electron chi connectivity index (χ1n) is 10.9. The number of aromatic nitrogens is 4. The van der Waals surface area contributed by atoms with Gasteiger partial charge in [0.2, 0.25) is 5.88 Å². The molecule has 3 aromatic rings. The molecule has 0 aliphatic carbocycles. The number of carbonyl (C=O) groups is 1. The minimum absolute atomic E-state index is 0.00213. The summed E-state index contributed by atoms with van der Waals surface area (Å²) in [4.78, 5) is 21.6. The number of pyridine rings is 1. The molecule has 3 atom stereocenters. The molecule has 1 amide bonds. The van der Waals surface area contributed by atoms with Crippen molar-refractivity contribution in [2.24, 2.45) is 0 Å². The maximum Gasteiger partial charge on any atom is 0.418 e. The lowest BCUT2D eigenvalue weighted by Crippen LogP contribution is -2.43. The van der Waals surface area contributed by atoms with Crippen LogP contribution in [0.3, 0.4) is 0 Å². The van der Waals surface area contributed by atoms with Crippen LogP contribution in [0.5, 0.6) is 5.88 Å². The van der Waals surface area contributed by atoms with E-state index in [0.29, 0.717) is 0 Å². The highest BCUT2D eigenvalue weighted by Gasteiger charge is 2.43. The van der Waals surface area contributed by atoms with Crippen LogP contribution in [0.2, 0.25) is 0 Å². The van der Waals surface area contributed by atoms with E-state index < -0.39 is 66.6 Å². The van der Waals surface area contributed by atoms with Gasteiger partial charge < -0.3 is 20.9 Å². The molecule has 17 heteroatoms. The molecule has 1 aliphatic rings. The molecule has 4 rings (SSSR count). The molecular formula is C21H20F7N7O3. The molecule has 1 saturated heterocycles. The number of amides is 1. The second kappa shape index (κ2) is 9.86. The minimum atomic E-state index is -4.89. The lowest BCUT2D eigenvalue weighted by Gasteiger charge is -2.21. The van der Waals surface area contributed by atoms with Crippen molar-refractivity contribution in [2.75, 3.05) is 32.5 Å². The van der Waals surface area contributed by atoms with Gasteiger partial charge in [-0.1, -0.05) is 0 Å². The lowest BCUT2D eigenvalue weighted by atomic mass is 10.1. The summed E-state index contributed by atoms with van der Waals surface area (Å²) in [6, 6.07) is 0.661. The standard InChI is InChI=1S/C21H20F7N7O3/c1-38-19-10(18(37)33-13-6-34(5-12(13)22)7-15(36)21(26,27)28)2-9(4-30-19)14-3-11(20(23,24)25)16-17(29)31-8-32-35(14)16/h2-4,8,12-13,15,36H,5-7H2,1H3,(H,33,37)(H2,29,31,32)/t12-,13?,15?/m0/s1. The topological polar surface area (TPSA) is 131 Å². The van der Waals surface area contributed by atoms with Gasteiger partial charge in [0, 0.05) is 31.4 Å². The molecule has 3 aromatic heterocycles. The fraction of sp³-hybridized carbons (Fsp3) is 0.429. The SMILES string of the molecule is COc1ncc(-c2cc(C(F)(F)F)c3c(N)ncnn23)cc1C(=O)NC1CN(CC(O)C(F)(F)F)C[C@@H]1F. The van der Waals surface area contributed by atoms with E-state index in [1.165, 1.54) is 7.11 Å². The normalized spacial score (nSPS) is 19.6. The summed E-state index contributed by atoms with van der Waals surface area (Å²) in [7, 11) is 1.18. The lowest BCUT2D eigenvalue weighted by molar-refractivity contribution is -0.207. The predicted octanol–water partition coefficient (Wildman–Crippen LogP) is 2.08. The number of nitrogen functional groups attached to an aromatic ring is 1. The van der Waals surface area contributed by atoms with Crippen LogP contribution in [0, 0.1) is 0 Å². The van der Waals surface area contributed by atoms with E-state index in [1.807, 2.05) is 0 Å². The number of alkyl halides is 7. The summed E-state index contributed by atoms with van der Waals surface area (Å²) in [5.41, 5.74) is 3.59. The van der Waals surface area contributed by atoms with E-state index in [0.717, 1.165) is 34.1 Å². The van der Waals surface area contributed by atoms with Crippen LogP contribution in [0.25, 0.3) is 16.8 Å². The highest BCUT2D eigenvalue weighted by Crippen LogP contribution is 2.39. The van der Waals surface area contributed by atoms with Crippen LogP contribution in [-0.2, 0) is 6.18 Å². The molecule has 1 fully saturated rings. The van der Waals surface area contributed by atoms with Gasteiger partial charge in [-0.3, -0.25) is 9.69 Å². The highest BCUT2D eigenvalue weighted by molar-refractivity contribution is 5.98. The number of hydrogen-bond donors (Lipinski definition) is 3. The summed E-state index contributed by atoms with van der Waals surface area (Å²) >= 11 is 0. The van der Waals surface area contributed by atoms with Crippen LogP contribution >= 0.6 is 0 Å². The van der Waals surface area contributed by atoms with Crippen LogP contribution in [-0.4, -0.2) is 86.7 Å². The number of halogens is 7. The molecule has 0 spiro atoms. The van der Waals surface area contributed by atoms with Gasteiger partial charge >= 0.3 is 12.4 Å². The van der Waals surface area contributed by atoms with Gasteiger partial charge in [0.05, 0.1) is 24.4 Å². The maximum absolute atomic E-state index is 14.5. The Morgan fingerprint density at radius 2 is 1.95 bits per heavy atom. The van der Waals surface area contributed by atoms with Crippen LogP contribution in [0.4, 0.5) is 36.6 Å². The van der Waals surface area contributed by atoms with Crippen molar-refractivity contribution in [1.82, 2.24) is 29.8 Å².